The molecule has 0 radical (unpaired) electrons. The van der Waals surface area contributed by atoms with Gasteiger partial charge in [-0.05, 0) is 41.0 Å². The van der Waals surface area contributed by atoms with E-state index in [1.165, 1.54) is 0 Å². The smallest absolute Gasteiger partial charge is 0.255 e. The Morgan fingerprint density at radius 3 is 2.30 bits per heavy atom. The maximum absolute atomic E-state index is 12.3. The third-order valence-electron chi connectivity index (χ3n) is 4.26. The number of hydrogen-bond acceptors (Lipinski definition) is 4. The van der Waals surface area contributed by atoms with Crippen molar-refractivity contribution in [1.82, 2.24) is 5.48 Å². The van der Waals surface area contributed by atoms with Crippen LogP contribution in [-0.2, 0) is 11.4 Å². The predicted octanol–water partition coefficient (Wildman–Crippen LogP) is 3.91. The lowest BCUT2D eigenvalue weighted by molar-refractivity contribution is -0.129. The van der Waals surface area contributed by atoms with E-state index < -0.39 is 11.8 Å². The Morgan fingerprint density at radius 2 is 1.63 bits per heavy atom. The molecule has 0 spiro atoms. The van der Waals surface area contributed by atoms with Gasteiger partial charge in [-0.3, -0.25) is 10.0 Å². The number of nitrogens with one attached hydrogen (secondary N) is 1. The molecule has 3 aromatic rings. The van der Waals surface area contributed by atoms with E-state index in [4.69, 9.17) is 14.7 Å². The van der Waals surface area contributed by atoms with E-state index in [2.05, 4.69) is 0 Å². The number of hydrogen-bond donors (Lipinski definition) is 2. The molecule has 5 nitrogen and oxygen atoms in total. The molecular formula is C22H21NO4. The van der Waals surface area contributed by atoms with Crippen molar-refractivity contribution in [2.24, 2.45) is 0 Å². The van der Waals surface area contributed by atoms with Gasteiger partial charge in [-0.15, -0.1) is 0 Å². The fourth-order valence-corrected chi connectivity index (χ4v) is 2.88. The number of carbonyl (C=O) groups is 1. The first-order valence-electron chi connectivity index (χ1n) is 8.56. The molecule has 1 amide bonds. The highest BCUT2D eigenvalue weighted by molar-refractivity contribution is 5.86. The molecule has 1 atom stereocenters. The van der Waals surface area contributed by atoms with E-state index in [1.54, 1.807) is 12.6 Å². The van der Waals surface area contributed by atoms with E-state index in [1.807, 2.05) is 78.9 Å². The fraction of sp³-hybridized carbons (Fsp3) is 0.136. The highest BCUT2D eigenvalue weighted by atomic mass is 16.5. The zero-order chi connectivity index (χ0) is 19.1. The van der Waals surface area contributed by atoms with Crippen LogP contribution in [0.3, 0.4) is 0 Å². The summed E-state index contributed by atoms with van der Waals surface area (Å²) in [4.78, 5) is 12.3. The quantitative estimate of drug-likeness (QED) is 0.493. The van der Waals surface area contributed by atoms with Crippen LogP contribution in [0.2, 0.25) is 0 Å². The lowest BCUT2D eigenvalue weighted by atomic mass is 9.90. The van der Waals surface area contributed by atoms with Gasteiger partial charge >= 0.3 is 0 Å². The Kier molecular flexibility index (Phi) is 6.07. The Balaban J connectivity index is 1.79. The number of ether oxygens (including phenoxy) is 2. The van der Waals surface area contributed by atoms with Crippen LogP contribution in [0.5, 0.6) is 11.5 Å². The van der Waals surface area contributed by atoms with Crippen molar-refractivity contribution < 1.29 is 19.5 Å². The van der Waals surface area contributed by atoms with Gasteiger partial charge in [0.25, 0.3) is 5.91 Å². The first-order valence-corrected chi connectivity index (χ1v) is 8.56. The van der Waals surface area contributed by atoms with E-state index in [9.17, 15) is 4.79 Å². The minimum absolute atomic E-state index is 0.398. The molecule has 0 saturated heterocycles. The predicted molar refractivity (Wildman–Crippen MR) is 102 cm³/mol. The summed E-state index contributed by atoms with van der Waals surface area (Å²) in [6.45, 7) is 0.398. The largest absolute Gasteiger partial charge is 0.497 e. The molecule has 0 bridgehead atoms. The van der Waals surface area contributed by atoms with E-state index >= 15 is 0 Å². The standard InChI is InChI=1S/C22H21NO4/c1-26-19-12-10-16(11-13-19)15-27-20-9-5-8-18(14-20)21(22(24)23-25)17-6-3-2-4-7-17/h2-14,21,25H,15H2,1H3,(H,23,24). The summed E-state index contributed by atoms with van der Waals surface area (Å²) in [6.07, 6.45) is 0. The topological polar surface area (TPSA) is 67.8 Å². The molecule has 2 N–H and O–H groups in total. The maximum atomic E-state index is 12.3. The second kappa shape index (κ2) is 8.87. The molecule has 3 aromatic carbocycles. The zero-order valence-corrected chi connectivity index (χ0v) is 15.0. The summed E-state index contributed by atoms with van der Waals surface area (Å²) in [7, 11) is 1.63. The number of carbonyl (C=O) groups excluding carboxylic acids is 1. The highest BCUT2D eigenvalue weighted by Crippen LogP contribution is 2.28. The van der Waals surface area contributed by atoms with Gasteiger partial charge in [0.15, 0.2) is 0 Å². The average molecular weight is 363 g/mol. The lowest BCUT2D eigenvalue weighted by Crippen LogP contribution is -2.27. The van der Waals surface area contributed by atoms with Crippen LogP contribution >= 0.6 is 0 Å². The second-order valence-electron chi connectivity index (χ2n) is 6.03. The van der Waals surface area contributed by atoms with Crippen molar-refractivity contribution in [3.63, 3.8) is 0 Å². The van der Waals surface area contributed by atoms with Crippen molar-refractivity contribution in [1.29, 1.82) is 0 Å². The number of hydroxylamine groups is 1. The highest BCUT2D eigenvalue weighted by Gasteiger charge is 2.22. The van der Waals surface area contributed by atoms with Crippen LogP contribution in [0.4, 0.5) is 0 Å². The fourth-order valence-electron chi connectivity index (χ4n) is 2.88. The Hall–Kier alpha value is -3.31. The molecule has 27 heavy (non-hydrogen) atoms. The molecule has 1 unspecified atom stereocenters. The van der Waals surface area contributed by atoms with Crippen molar-refractivity contribution in [3.8, 4) is 11.5 Å². The number of benzene rings is 3. The number of amides is 1. The van der Waals surface area contributed by atoms with Crippen molar-refractivity contribution in [2.75, 3.05) is 7.11 Å². The minimum atomic E-state index is -0.624. The van der Waals surface area contributed by atoms with Gasteiger partial charge in [0, 0.05) is 0 Å². The molecule has 0 aliphatic heterocycles. The third-order valence-corrected chi connectivity index (χ3v) is 4.26. The summed E-state index contributed by atoms with van der Waals surface area (Å²) >= 11 is 0. The monoisotopic (exact) mass is 363 g/mol. The Bertz CT molecular complexity index is 878. The van der Waals surface area contributed by atoms with Crippen molar-refractivity contribution >= 4 is 5.91 Å². The van der Waals surface area contributed by atoms with Gasteiger partial charge in [-0.25, -0.2) is 5.48 Å². The average Bonchev–Trinajstić information content (AvgIpc) is 2.74. The van der Waals surface area contributed by atoms with E-state index in [-0.39, 0.29) is 0 Å². The van der Waals surface area contributed by atoms with Gasteiger partial charge in [-0.2, -0.15) is 0 Å². The summed E-state index contributed by atoms with van der Waals surface area (Å²) < 4.78 is 11.0. The van der Waals surface area contributed by atoms with Crippen LogP contribution in [-0.4, -0.2) is 18.2 Å². The van der Waals surface area contributed by atoms with Crippen molar-refractivity contribution in [3.05, 3.63) is 95.6 Å². The molecule has 138 valence electrons. The molecule has 5 heteroatoms. The van der Waals surface area contributed by atoms with Gasteiger partial charge in [0.05, 0.1) is 13.0 Å². The summed E-state index contributed by atoms with van der Waals surface area (Å²) in [5.74, 6) is 0.325. The van der Waals surface area contributed by atoms with Crippen LogP contribution < -0.4 is 15.0 Å². The van der Waals surface area contributed by atoms with Gasteiger partial charge < -0.3 is 9.47 Å². The second-order valence-corrected chi connectivity index (χ2v) is 6.03. The molecular weight excluding hydrogens is 342 g/mol. The summed E-state index contributed by atoms with van der Waals surface area (Å²) in [5.41, 5.74) is 4.29. The summed E-state index contributed by atoms with van der Waals surface area (Å²) in [6, 6.07) is 24.3. The Labute approximate surface area is 158 Å². The minimum Gasteiger partial charge on any atom is -0.497 e. The van der Waals surface area contributed by atoms with Gasteiger partial charge in [0.1, 0.15) is 18.1 Å². The van der Waals surface area contributed by atoms with Crippen molar-refractivity contribution in [2.45, 2.75) is 12.5 Å². The van der Waals surface area contributed by atoms with Crippen LogP contribution in [0.15, 0.2) is 78.9 Å². The molecule has 0 heterocycles. The molecule has 0 saturated carbocycles. The number of methoxy groups -OCH3 is 1. The summed E-state index contributed by atoms with van der Waals surface area (Å²) in [5, 5.41) is 9.15. The Morgan fingerprint density at radius 1 is 0.926 bits per heavy atom. The first kappa shape index (κ1) is 18.5. The normalized spacial score (nSPS) is 11.5. The lowest BCUT2D eigenvalue weighted by Gasteiger charge is -2.17. The maximum Gasteiger partial charge on any atom is 0.255 e. The molecule has 0 aromatic heterocycles. The van der Waals surface area contributed by atoms with E-state index in [0.29, 0.717) is 12.4 Å². The van der Waals surface area contributed by atoms with Gasteiger partial charge in [0.2, 0.25) is 0 Å². The van der Waals surface area contributed by atoms with Crippen LogP contribution in [0, 0.1) is 0 Å². The molecule has 3 rings (SSSR count). The van der Waals surface area contributed by atoms with Gasteiger partial charge in [-0.1, -0.05) is 54.6 Å². The SMILES string of the molecule is COc1ccc(COc2cccc(C(C(=O)NO)c3ccccc3)c2)cc1. The van der Waals surface area contributed by atoms with Crippen LogP contribution in [0.25, 0.3) is 0 Å². The molecule has 0 aliphatic rings. The van der Waals surface area contributed by atoms with Crippen LogP contribution in [0.1, 0.15) is 22.6 Å². The zero-order valence-electron chi connectivity index (χ0n) is 15.0. The first-order chi connectivity index (χ1) is 13.2. The van der Waals surface area contributed by atoms with E-state index in [0.717, 1.165) is 22.4 Å². The third kappa shape index (κ3) is 4.65. The molecule has 0 fully saturated rings. The molecule has 0 aliphatic carbocycles. The number of rotatable bonds is 7.